The van der Waals surface area contributed by atoms with Gasteiger partial charge in [0.05, 0.1) is 13.6 Å². The summed E-state index contributed by atoms with van der Waals surface area (Å²) >= 11 is 4.83. The Morgan fingerprint density at radius 1 is 1.15 bits per heavy atom. The molecule has 0 aromatic carbocycles. The Labute approximate surface area is 167 Å². The van der Waals surface area contributed by atoms with Crippen molar-refractivity contribution in [2.75, 3.05) is 13.1 Å². The summed E-state index contributed by atoms with van der Waals surface area (Å²) in [4.78, 5) is 13.1. The molecule has 0 N–H and O–H groups in total. The van der Waals surface area contributed by atoms with Gasteiger partial charge < -0.3 is 8.98 Å². The Balaban J connectivity index is 1.61. The molecule has 0 unspecified atom stereocenters. The molecule has 3 aromatic heterocycles. The maximum atomic E-state index is 12.7. The van der Waals surface area contributed by atoms with Crippen molar-refractivity contribution in [3.05, 3.63) is 50.5 Å². The fraction of sp³-hybridized carbons (Fsp3) is 0.312. The minimum absolute atomic E-state index is 0.00172. The average Bonchev–Trinajstić information content (AvgIpc) is 3.37. The summed E-state index contributed by atoms with van der Waals surface area (Å²) in [6.07, 6.45) is 3.03. The van der Waals surface area contributed by atoms with Gasteiger partial charge in [0.2, 0.25) is 15.9 Å². The van der Waals surface area contributed by atoms with Crippen LogP contribution < -0.4 is 5.56 Å². The number of hydrogen-bond acceptors (Lipinski definition) is 7. The van der Waals surface area contributed by atoms with Crippen LogP contribution in [0.3, 0.4) is 0 Å². The van der Waals surface area contributed by atoms with Gasteiger partial charge in [0, 0.05) is 25.4 Å². The Bertz CT molecular complexity index is 1130. The number of aromatic nitrogens is 3. The van der Waals surface area contributed by atoms with E-state index >= 15 is 0 Å². The summed E-state index contributed by atoms with van der Waals surface area (Å²) in [6, 6.07) is 6.31. The van der Waals surface area contributed by atoms with Gasteiger partial charge in [-0.2, -0.15) is 4.31 Å². The molecule has 27 heavy (non-hydrogen) atoms. The molecular formula is C16H15BrN4O4S2. The second-order valence-corrected chi connectivity index (χ2v) is 10.4. The van der Waals surface area contributed by atoms with E-state index in [1.165, 1.54) is 38.5 Å². The average molecular weight is 471 g/mol. The van der Waals surface area contributed by atoms with E-state index in [0.717, 1.165) is 21.5 Å². The number of halogens is 1. The van der Waals surface area contributed by atoms with Gasteiger partial charge in [0.15, 0.2) is 0 Å². The lowest BCUT2D eigenvalue weighted by Crippen LogP contribution is -2.29. The Morgan fingerprint density at radius 2 is 1.93 bits per heavy atom. The first-order valence-corrected chi connectivity index (χ1v) is 11.3. The molecule has 4 rings (SSSR count). The zero-order chi connectivity index (χ0) is 19.0. The first-order chi connectivity index (χ1) is 12.9. The lowest BCUT2D eigenvalue weighted by atomic mass is 10.4. The molecule has 4 heterocycles. The van der Waals surface area contributed by atoms with E-state index in [-0.39, 0.29) is 22.9 Å². The van der Waals surface area contributed by atoms with Crippen LogP contribution in [0.4, 0.5) is 0 Å². The van der Waals surface area contributed by atoms with Crippen LogP contribution in [-0.4, -0.2) is 40.6 Å². The van der Waals surface area contributed by atoms with Crippen molar-refractivity contribution < 1.29 is 12.8 Å². The highest BCUT2D eigenvalue weighted by molar-refractivity contribution is 9.11. The molecule has 1 aliphatic heterocycles. The van der Waals surface area contributed by atoms with E-state index in [1.807, 2.05) is 12.1 Å². The molecule has 11 heteroatoms. The first kappa shape index (κ1) is 18.5. The van der Waals surface area contributed by atoms with Crippen LogP contribution in [-0.2, 0) is 16.6 Å². The van der Waals surface area contributed by atoms with Crippen LogP contribution in [0, 0.1) is 0 Å². The van der Waals surface area contributed by atoms with Crippen LogP contribution >= 0.6 is 27.3 Å². The van der Waals surface area contributed by atoms with Gasteiger partial charge in [-0.05, 0) is 47.0 Å². The fourth-order valence-electron chi connectivity index (χ4n) is 2.86. The molecule has 0 aliphatic carbocycles. The third-order valence-electron chi connectivity index (χ3n) is 4.22. The summed E-state index contributed by atoms with van der Waals surface area (Å²) in [5.41, 5.74) is -0.339. The van der Waals surface area contributed by atoms with Gasteiger partial charge in [-0.3, -0.25) is 4.79 Å². The van der Waals surface area contributed by atoms with Crippen molar-refractivity contribution >= 4 is 37.3 Å². The lowest BCUT2D eigenvalue weighted by molar-refractivity contribution is 0.471. The van der Waals surface area contributed by atoms with Crippen molar-refractivity contribution in [2.24, 2.45) is 0 Å². The molecule has 8 nitrogen and oxygen atoms in total. The smallest absolute Gasteiger partial charge is 0.257 e. The standard InChI is InChI=1S/C16H15BrN4O4S2/c17-13-5-4-12(26-13)16-19-18-14(25-16)10-20-9-11(3-6-15(20)22)27(23,24)21-7-1-2-8-21/h3-6,9H,1-2,7-8,10H2. The normalized spacial score (nSPS) is 15.4. The minimum atomic E-state index is -3.60. The highest BCUT2D eigenvalue weighted by Gasteiger charge is 2.27. The van der Waals surface area contributed by atoms with E-state index in [9.17, 15) is 13.2 Å². The van der Waals surface area contributed by atoms with Gasteiger partial charge >= 0.3 is 0 Å². The molecule has 1 aliphatic rings. The highest BCUT2D eigenvalue weighted by atomic mass is 79.9. The molecule has 0 radical (unpaired) electrons. The van der Waals surface area contributed by atoms with Gasteiger partial charge in [0.25, 0.3) is 11.4 Å². The Kier molecular flexibility index (Phi) is 5.01. The van der Waals surface area contributed by atoms with Gasteiger partial charge in [0.1, 0.15) is 6.54 Å². The third kappa shape index (κ3) is 3.77. The van der Waals surface area contributed by atoms with Crippen LogP contribution in [0.1, 0.15) is 18.7 Å². The minimum Gasteiger partial charge on any atom is -0.418 e. The number of rotatable bonds is 5. The van der Waals surface area contributed by atoms with Crippen molar-refractivity contribution in [3.8, 4) is 10.8 Å². The van der Waals surface area contributed by atoms with E-state index in [2.05, 4.69) is 26.1 Å². The maximum absolute atomic E-state index is 12.7. The van der Waals surface area contributed by atoms with E-state index in [4.69, 9.17) is 4.42 Å². The van der Waals surface area contributed by atoms with E-state index < -0.39 is 10.0 Å². The Hall–Kier alpha value is -1.82. The lowest BCUT2D eigenvalue weighted by Gasteiger charge is -2.16. The highest BCUT2D eigenvalue weighted by Crippen LogP contribution is 2.30. The summed E-state index contributed by atoms with van der Waals surface area (Å²) in [6.45, 7) is 1.01. The van der Waals surface area contributed by atoms with Gasteiger partial charge in [-0.1, -0.05) is 0 Å². The maximum Gasteiger partial charge on any atom is 0.257 e. The fourth-order valence-corrected chi connectivity index (χ4v) is 5.70. The zero-order valence-corrected chi connectivity index (χ0v) is 17.3. The topological polar surface area (TPSA) is 98.3 Å². The summed E-state index contributed by atoms with van der Waals surface area (Å²) < 4.78 is 34.7. The number of nitrogens with zero attached hydrogens (tertiary/aromatic N) is 4. The summed E-state index contributed by atoms with van der Waals surface area (Å²) in [5, 5.41) is 7.95. The van der Waals surface area contributed by atoms with E-state index in [1.54, 1.807) is 0 Å². The van der Waals surface area contributed by atoms with E-state index in [0.29, 0.717) is 19.0 Å². The molecule has 0 saturated carbocycles. The second kappa shape index (κ2) is 7.30. The van der Waals surface area contributed by atoms with Crippen LogP contribution in [0.2, 0.25) is 0 Å². The molecule has 1 saturated heterocycles. The Morgan fingerprint density at radius 3 is 2.63 bits per heavy atom. The monoisotopic (exact) mass is 470 g/mol. The molecule has 0 spiro atoms. The molecule has 3 aromatic rings. The first-order valence-electron chi connectivity index (χ1n) is 8.22. The summed E-state index contributed by atoms with van der Waals surface area (Å²) in [5.74, 6) is 0.585. The number of hydrogen-bond donors (Lipinski definition) is 0. The number of thiophene rings is 1. The predicted molar refractivity (Wildman–Crippen MR) is 103 cm³/mol. The van der Waals surface area contributed by atoms with Gasteiger partial charge in [-0.25, -0.2) is 8.42 Å². The number of pyridine rings is 1. The molecule has 0 atom stereocenters. The van der Waals surface area contributed by atoms with Crippen molar-refractivity contribution in [3.63, 3.8) is 0 Å². The molecular weight excluding hydrogens is 456 g/mol. The zero-order valence-electron chi connectivity index (χ0n) is 14.0. The largest absolute Gasteiger partial charge is 0.418 e. The van der Waals surface area contributed by atoms with Crippen molar-refractivity contribution in [2.45, 2.75) is 24.3 Å². The van der Waals surface area contributed by atoms with Crippen molar-refractivity contribution in [1.29, 1.82) is 0 Å². The predicted octanol–water partition coefficient (Wildman–Crippen LogP) is 2.56. The third-order valence-corrected chi connectivity index (χ3v) is 7.71. The van der Waals surface area contributed by atoms with Crippen LogP contribution in [0.15, 0.2) is 48.4 Å². The summed E-state index contributed by atoms with van der Waals surface area (Å²) in [7, 11) is -3.60. The second-order valence-electron chi connectivity index (χ2n) is 6.05. The quantitative estimate of drug-likeness (QED) is 0.568. The van der Waals surface area contributed by atoms with Crippen LogP contribution in [0.25, 0.3) is 10.8 Å². The molecule has 0 bridgehead atoms. The number of sulfonamides is 1. The SMILES string of the molecule is O=c1ccc(S(=O)(=O)N2CCCC2)cn1Cc1nnc(-c2ccc(Br)s2)o1. The molecule has 142 valence electrons. The van der Waals surface area contributed by atoms with Crippen LogP contribution in [0.5, 0.6) is 0 Å². The van der Waals surface area contributed by atoms with Gasteiger partial charge in [-0.15, -0.1) is 21.5 Å². The molecule has 1 fully saturated rings. The van der Waals surface area contributed by atoms with Crippen molar-refractivity contribution in [1.82, 2.24) is 19.1 Å². The molecule has 0 amide bonds.